The molecular formula is C31H28N2. The molecule has 0 radical (unpaired) electrons. The molecule has 5 aromatic rings. The van der Waals surface area contributed by atoms with E-state index in [0.717, 1.165) is 0 Å². The first-order valence-electron chi connectivity index (χ1n) is 12.2. The monoisotopic (exact) mass is 428 g/mol. The molecule has 1 fully saturated rings. The predicted octanol–water partition coefficient (Wildman–Crippen LogP) is 7.92. The molecule has 3 heterocycles. The van der Waals surface area contributed by atoms with E-state index >= 15 is 0 Å². The molecule has 3 unspecified atom stereocenters. The number of hydrogen-bond donors (Lipinski definition) is 0. The fraction of sp³-hybridized carbons (Fsp3) is 0.226. The van der Waals surface area contributed by atoms with Crippen LogP contribution in [0.2, 0.25) is 0 Å². The maximum absolute atomic E-state index is 2.74. The summed E-state index contributed by atoms with van der Waals surface area (Å²) in [6.07, 6.45) is 2.54. The first-order chi connectivity index (χ1) is 16.2. The minimum Gasteiger partial charge on any atom is -0.361 e. The lowest BCUT2D eigenvalue weighted by Crippen LogP contribution is -2.49. The summed E-state index contributed by atoms with van der Waals surface area (Å²) in [6.45, 7) is 4.73. The minimum absolute atomic E-state index is 0.472. The van der Waals surface area contributed by atoms with E-state index in [4.69, 9.17) is 0 Å². The molecule has 4 aromatic carbocycles. The molecule has 0 amide bonds. The lowest BCUT2D eigenvalue weighted by atomic mass is 9.70. The van der Waals surface area contributed by atoms with Gasteiger partial charge in [0.1, 0.15) is 0 Å². The Hall–Kier alpha value is -3.52. The summed E-state index contributed by atoms with van der Waals surface area (Å²) in [5, 5.41) is 2.67. The van der Waals surface area contributed by atoms with Crippen molar-refractivity contribution in [2.45, 2.75) is 44.7 Å². The summed E-state index contributed by atoms with van der Waals surface area (Å²) in [7, 11) is 0. The first-order valence-corrected chi connectivity index (χ1v) is 12.2. The summed E-state index contributed by atoms with van der Waals surface area (Å²) in [4.78, 5) is 2.74. The van der Waals surface area contributed by atoms with Crippen molar-refractivity contribution in [3.63, 3.8) is 0 Å². The molecule has 2 heteroatoms. The molecule has 0 N–H and O–H groups in total. The van der Waals surface area contributed by atoms with Crippen LogP contribution in [0.25, 0.3) is 27.5 Å². The predicted molar refractivity (Wildman–Crippen MR) is 139 cm³/mol. The van der Waals surface area contributed by atoms with E-state index in [0.29, 0.717) is 18.0 Å². The highest BCUT2D eigenvalue weighted by molar-refractivity contribution is 6.10. The SMILES string of the molecule is Cc1cc2c(cc1N1C3CCC(c4ccccc43)C1C)c1ccccc1n2-c1ccccc1. The van der Waals surface area contributed by atoms with Crippen molar-refractivity contribution in [1.29, 1.82) is 0 Å². The van der Waals surface area contributed by atoms with Gasteiger partial charge >= 0.3 is 0 Å². The van der Waals surface area contributed by atoms with Crippen molar-refractivity contribution in [2.75, 3.05) is 4.90 Å². The number of anilines is 1. The molecule has 2 nitrogen and oxygen atoms in total. The Kier molecular flexibility index (Phi) is 4.02. The number of benzene rings is 4. The van der Waals surface area contributed by atoms with Crippen molar-refractivity contribution < 1.29 is 0 Å². The van der Waals surface area contributed by atoms with Crippen molar-refractivity contribution in [3.05, 3.63) is 108 Å². The lowest BCUT2D eigenvalue weighted by molar-refractivity contribution is 0.324. The van der Waals surface area contributed by atoms with Gasteiger partial charge in [0, 0.05) is 34.1 Å². The van der Waals surface area contributed by atoms with Gasteiger partial charge in [0.05, 0.1) is 17.1 Å². The average molecular weight is 429 g/mol. The second kappa shape index (κ2) is 6.99. The molecule has 0 spiro atoms. The van der Waals surface area contributed by atoms with Gasteiger partial charge in [-0.3, -0.25) is 0 Å². The molecule has 2 aliphatic heterocycles. The Bertz CT molecular complexity index is 1510. The van der Waals surface area contributed by atoms with E-state index in [1.165, 1.54) is 57.1 Å². The summed E-state index contributed by atoms with van der Waals surface area (Å²) in [5.74, 6) is 0.618. The molecule has 1 aromatic heterocycles. The molecule has 0 saturated carbocycles. The van der Waals surface area contributed by atoms with Gasteiger partial charge in [0.2, 0.25) is 0 Å². The summed E-state index contributed by atoms with van der Waals surface area (Å²) < 4.78 is 2.42. The van der Waals surface area contributed by atoms with Gasteiger partial charge in [-0.15, -0.1) is 0 Å². The Balaban J connectivity index is 1.48. The number of para-hydroxylation sites is 2. The zero-order valence-electron chi connectivity index (χ0n) is 19.2. The standard InChI is InChI=1S/C31H28N2/c1-20-18-31-27(26-14-8-9-15-28(26)33(31)22-10-4-3-5-11-22)19-30(20)32-21(2)23-16-17-29(32)25-13-7-6-12-24(23)25/h3-15,18-19,21,23,29H,16-17H2,1-2H3. The molecule has 2 bridgehead atoms. The zero-order chi connectivity index (χ0) is 22.1. The van der Waals surface area contributed by atoms with Gasteiger partial charge in [-0.1, -0.05) is 60.7 Å². The van der Waals surface area contributed by atoms with Crippen LogP contribution in [0.5, 0.6) is 0 Å². The third kappa shape index (κ3) is 2.61. The number of fused-ring (bicyclic) bond motifs is 5. The molecule has 3 aliphatic rings. The van der Waals surface area contributed by atoms with E-state index in [1.54, 1.807) is 5.56 Å². The van der Waals surface area contributed by atoms with Crippen molar-refractivity contribution in [2.24, 2.45) is 0 Å². The molecule has 1 aliphatic carbocycles. The summed E-state index contributed by atoms with van der Waals surface area (Å²) in [6, 6.07) is 34.6. The Morgan fingerprint density at radius 3 is 2.27 bits per heavy atom. The quantitative estimate of drug-likeness (QED) is 0.277. The molecule has 1 saturated heterocycles. The maximum Gasteiger partial charge on any atom is 0.0548 e. The topological polar surface area (TPSA) is 8.17 Å². The van der Waals surface area contributed by atoms with Crippen LogP contribution in [0.4, 0.5) is 5.69 Å². The van der Waals surface area contributed by atoms with Gasteiger partial charge in [-0.25, -0.2) is 0 Å². The molecule has 3 atom stereocenters. The second-order valence-corrected chi connectivity index (χ2v) is 9.82. The second-order valence-electron chi connectivity index (χ2n) is 9.82. The van der Waals surface area contributed by atoms with E-state index in [1.807, 2.05) is 0 Å². The van der Waals surface area contributed by atoms with E-state index < -0.39 is 0 Å². The first kappa shape index (κ1) is 19.0. The fourth-order valence-electron chi connectivity index (χ4n) is 6.70. The Morgan fingerprint density at radius 1 is 0.697 bits per heavy atom. The van der Waals surface area contributed by atoms with Crippen LogP contribution >= 0.6 is 0 Å². The van der Waals surface area contributed by atoms with Crippen LogP contribution in [-0.4, -0.2) is 10.6 Å². The van der Waals surface area contributed by atoms with Crippen molar-refractivity contribution in [1.82, 2.24) is 4.57 Å². The van der Waals surface area contributed by atoms with Crippen LogP contribution in [0, 0.1) is 6.92 Å². The highest BCUT2D eigenvalue weighted by atomic mass is 15.2. The average Bonchev–Trinajstić information content (AvgIpc) is 3.18. The van der Waals surface area contributed by atoms with Crippen molar-refractivity contribution >= 4 is 27.5 Å². The summed E-state index contributed by atoms with van der Waals surface area (Å²) in [5.41, 5.74) is 9.66. The minimum atomic E-state index is 0.472. The highest BCUT2D eigenvalue weighted by Crippen LogP contribution is 2.52. The highest BCUT2D eigenvalue weighted by Gasteiger charge is 2.43. The Labute approximate surface area is 195 Å². The van der Waals surface area contributed by atoms with Crippen molar-refractivity contribution in [3.8, 4) is 5.69 Å². The molecule has 162 valence electrons. The Morgan fingerprint density at radius 2 is 1.42 bits per heavy atom. The van der Waals surface area contributed by atoms with E-state index in [-0.39, 0.29) is 0 Å². The molecular weight excluding hydrogens is 400 g/mol. The van der Waals surface area contributed by atoms with Gasteiger partial charge in [0.15, 0.2) is 0 Å². The van der Waals surface area contributed by atoms with Crippen LogP contribution in [-0.2, 0) is 0 Å². The normalized spacial score (nSPS) is 21.6. The lowest BCUT2D eigenvalue weighted by Gasteiger charge is -2.53. The van der Waals surface area contributed by atoms with Crippen LogP contribution in [0.3, 0.4) is 0 Å². The number of aryl methyl sites for hydroxylation is 1. The third-order valence-corrected chi connectivity index (χ3v) is 8.15. The summed E-state index contributed by atoms with van der Waals surface area (Å²) >= 11 is 0. The molecule has 8 rings (SSSR count). The van der Waals surface area contributed by atoms with E-state index in [9.17, 15) is 0 Å². The number of aromatic nitrogens is 1. The smallest absolute Gasteiger partial charge is 0.0548 e. The van der Waals surface area contributed by atoms with Crippen LogP contribution in [0.1, 0.15) is 48.4 Å². The van der Waals surface area contributed by atoms with E-state index in [2.05, 4.69) is 114 Å². The van der Waals surface area contributed by atoms with Gasteiger partial charge in [-0.05, 0) is 73.7 Å². The number of nitrogens with zero attached hydrogens (tertiary/aromatic N) is 2. The number of piperidine rings is 1. The maximum atomic E-state index is 2.74. The van der Waals surface area contributed by atoms with Crippen LogP contribution in [0.15, 0.2) is 91.0 Å². The van der Waals surface area contributed by atoms with Gasteiger partial charge < -0.3 is 9.47 Å². The fourth-order valence-corrected chi connectivity index (χ4v) is 6.70. The number of rotatable bonds is 2. The number of hydrogen-bond acceptors (Lipinski definition) is 1. The zero-order valence-corrected chi connectivity index (χ0v) is 19.2. The van der Waals surface area contributed by atoms with Crippen LogP contribution < -0.4 is 4.90 Å². The van der Waals surface area contributed by atoms with Gasteiger partial charge in [-0.2, -0.15) is 0 Å². The largest absolute Gasteiger partial charge is 0.361 e. The van der Waals surface area contributed by atoms with Gasteiger partial charge in [0.25, 0.3) is 0 Å². The molecule has 33 heavy (non-hydrogen) atoms. The third-order valence-electron chi connectivity index (χ3n) is 8.15.